The van der Waals surface area contributed by atoms with Crippen molar-refractivity contribution in [3.05, 3.63) is 33.8 Å². The number of nitrogens with one attached hydrogen (secondary N) is 1. The number of ether oxygens (including phenoxy) is 1. The SMILES string of the molecule is O=C(COC(=O)c1cccc(Cl)c1Cl)NCC(F)(F)F. The normalized spacial score (nSPS) is 11.1. The van der Waals surface area contributed by atoms with Crippen LogP contribution in [0.1, 0.15) is 10.4 Å². The molecule has 0 fully saturated rings. The second-order valence-corrected chi connectivity index (χ2v) is 4.35. The highest BCUT2D eigenvalue weighted by atomic mass is 35.5. The third-order valence-electron chi connectivity index (χ3n) is 1.99. The molecule has 4 nitrogen and oxygen atoms in total. The first-order valence-corrected chi connectivity index (χ1v) is 5.91. The van der Waals surface area contributed by atoms with E-state index in [9.17, 15) is 22.8 Å². The second kappa shape index (κ2) is 6.81. The van der Waals surface area contributed by atoms with Crippen molar-refractivity contribution in [3.63, 3.8) is 0 Å². The number of benzene rings is 1. The Hall–Kier alpha value is -1.47. The number of halogens is 5. The monoisotopic (exact) mass is 329 g/mol. The molecule has 0 aliphatic carbocycles. The van der Waals surface area contributed by atoms with Crippen molar-refractivity contribution in [2.75, 3.05) is 13.2 Å². The lowest BCUT2D eigenvalue weighted by atomic mass is 10.2. The molecule has 1 rings (SSSR count). The minimum absolute atomic E-state index is 0.0603. The zero-order valence-electron chi connectivity index (χ0n) is 9.76. The molecule has 1 amide bonds. The highest BCUT2D eigenvalue weighted by molar-refractivity contribution is 6.43. The van der Waals surface area contributed by atoms with Gasteiger partial charge in [-0.2, -0.15) is 13.2 Å². The van der Waals surface area contributed by atoms with Gasteiger partial charge in [-0.3, -0.25) is 4.79 Å². The van der Waals surface area contributed by atoms with Gasteiger partial charge in [-0.25, -0.2) is 4.79 Å². The molecule has 0 bridgehead atoms. The average molecular weight is 330 g/mol. The van der Waals surface area contributed by atoms with Crippen LogP contribution in [-0.2, 0) is 9.53 Å². The minimum Gasteiger partial charge on any atom is -0.452 e. The molecule has 0 aliphatic rings. The summed E-state index contributed by atoms with van der Waals surface area (Å²) in [6.45, 7) is -2.35. The first-order valence-electron chi connectivity index (χ1n) is 5.15. The van der Waals surface area contributed by atoms with Gasteiger partial charge in [-0.15, -0.1) is 0 Å². The van der Waals surface area contributed by atoms with Crippen LogP contribution >= 0.6 is 23.2 Å². The van der Waals surface area contributed by atoms with Crippen molar-refractivity contribution < 1.29 is 27.5 Å². The Morgan fingerprint density at radius 3 is 2.50 bits per heavy atom. The molecule has 0 atom stereocenters. The largest absolute Gasteiger partial charge is 0.452 e. The van der Waals surface area contributed by atoms with E-state index < -0.39 is 31.2 Å². The molecule has 0 aliphatic heterocycles. The highest BCUT2D eigenvalue weighted by Gasteiger charge is 2.27. The fourth-order valence-electron chi connectivity index (χ4n) is 1.12. The molecular weight excluding hydrogens is 322 g/mol. The Kier molecular flexibility index (Phi) is 5.64. The number of hydrogen-bond donors (Lipinski definition) is 1. The van der Waals surface area contributed by atoms with Crippen LogP contribution in [0, 0.1) is 0 Å². The summed E-state index contributed by atoms with van der Waals surface area (Å²) in [4.78, 5) is 22.6. The second-order valence-electron chi connectivity index (χ2n) is 3.57. The fraction of sp³-hybridized carbons (Fsp3) is 0.273. The highest BCUT2D eigenvalue weighted by Crippen LogP contribution is 2.25. The Morgan fingerprint density at radius 1 is 1.25 bits per heavy atom. The zero-order chi connectivity index (χ0) is 15.3. The first-order chi connectivity index (χ1) is 9.20. The summed E-state index contributed by atoms with van der Waals surface area (Å²) in [5.74, 6) is -2.03. The smallest absolute Gasteiger partial charge is 0.405 e. The average Bonchev–Trinajstić information content (AvgIpc) is 2.36. The molecule has 110 valence electrons. The Balaban J connectivity index is 2.51. The molecule has 0 saturated carbocycles. The van der Waals surface area contributed by atoms with Crippen molar-refractivity contribution in [1.82, 2.24) is 5.32 Å². The van der Waals surface area contributed by atoms with Crippen LogP contribution in [0.3, 0.4) is 0 Å². The van der Waals surface area contributed by atoms with E-state index in [4.69, 9.17) is 23.2 Å². The predicted octanol–water partition coefficient (Wildman–Crippen LogP) is 2.83. The van der Waals surface area contributed by atoms with Gasteiger partial charge in [0.15, 0.2) is 6.61 Å². The van der Waals surface area contributed by atoms with Crippen molar-refractivity contribution in [1.29, 1.82) is 0 Å². The van der Waals surface area contributed by atoms with Gasteiger partial charge in [0.1, 0.15) is 6.54 Å². The minimum atomic E-state index is -4.53. The lowest BCUT2D eigenvalue weighted by molar-refractivity contribution is -0.140. The van der Waals surface area contributed by atoms with Gasteiger partial charge in [0, 0.05) is 0 Å². The zero-order valence-corrected chi connectivity index (χ0v) is 11.3. The van der Waals surface area contributed by atoms with Crippen LogP contribution in [-0.4, -0.2) is 31.2 Å². The van der Waals surface area contributed by atoms with E-state index in [0.29, 0.717) is 0 Å². The van der Waals surface area contributed by atoms with Crippen molar-refractivity contribution in [2.45, 2.75) is 6.18 Å². The van der Waals surface area contributed by atoms with Crippen LogP contribution < -0.4 is 5.32 Å². The maximum atomic E-state index is 11.8. The lowest BCUT2D eigenvalue weighted by Crippen LogP contribution is -2.36. The molecule has 0 unspecified atom stereocenters. The number of hydrogen-bond acceptors (Lipinski definition) is 3. The standard InChI is InChI=1S/C11H8Cl2F3NO3/c12-7-3-1-2-6(9(7)13)10(19)20-4-8(18)17-5-11(14,15)16/h1-3H,4-5H2,(H,17,18). The molecule has 1 aromatic carbocycles. The number of carbonyl (C=O) groups is 2. The Morgan fingerprint density at radius 2 is 1.90 bits per heavy atom. The lowest BCUT2D eigenvalue weighted by Gasteiger charge is -2.09. The summed E-state index contributed by atoms with van der Waals surface area (Å²) in [6.07, 6.45) is -4.53. The quantitative estimate of drug-likeness (QED) is 0.864. The van der Waals surface area contributed by atoms with Gasteiger partial charge in [0.25, 0.3) is 5.91 Å². The summed E-state index contributed by atoms with van der Waals surface area (Å²) >= 11 is 11.4. The maximum Gasteiger partial charge on any atom is 0.405 e. The molecule has 0 radical (unpaired) electrons. The summed E-state index contributed by atoms with van der Waals surface area (Å²) in [6, 6.07) is 4.19. The Bertz CT molecular complexity index is 520. The summed E-state index contributed by atoms with van der Waals surface area (Å²) < 4.78 is 40.0. The summed E-state index contributed by atoms with van der Waals surface area (Å²) in [7, 11) is 0. The van der Waals surface area contributed by atoms with Gasteiger partial charge in [-0.05, 0) is 12.1 Å². The van der Waals surface area contributed by atoms with E-state index in [1.54, 1.807) is 5.32 Å². The van der Waals surface area contributed by atoms with Crippen LogP contribution in [0.25, 0.3) is 0 Å². The van der Waals surface area contributed by atoms with E-state index >= 15 is 0 Å². The molecule has 1 N–H and O–H groups in total. The Labute approximate surface area is 121 Å². The number of amides is 1. The molecule has 20 heavy (non-hydrogen) atoms. The van der Waals surface area contributed by atoms with Crippen LogP contribution in [0.15, 0.2) is 18.2 Å². The molecule has 0 heterocycles. The van der Waals surface area contributed by atoms with Gasteiger partial charge in [-0.1, -0.05) is 29.3 Å². The van der Waals surface area contributed by atoms with Crippen molar-refractivity contribution in [3.8, 4) is 0 Å². The number of rotatable bonds is 4. The van der Waals surface area contributed by atoms with E-state index in [1.807, 2.05) is 0 Å². The van der Waals surface area contributed by atoms with E-state index in [2.05, 4.69) is 4.74 Å². The van der Waals surface area contributed by atoms with Crippen LogP contribution in [0.4, 0.5) is 13.2 Å². The van der Waals surface area contributed by atoms with Crippen molar-refractivity contribution >= 4 is 35.1 Å². The fourth-order valence-corrected chi connectivity index (χ4v) is 1.50. The number of alkyl halides is 3. The first kappa shape index (κ1) is 16.6. The predicted molar refractivity (Wildman–Crippen MR) is 65.8 cm³/mol. The van der Waals surface area contributed by atoms with Gasteiger partial charge in [0.2, 0.25) is 0 Å². The molecule has 0 aromatic heterocycles. The van der Waals surface area contributed by atoms with Crippen molar-refractivity contribution in [2.24, 2.45) is 0 Å². The number of esters is 1. The van der Waals surface area contributed by atoms with Gasteiger partial charge in [0.05, 0.1) is 15.6 Å². The van der Waals surface area contributed by atoms with E-state index in [-0.39, 0.29) is 15.6 Å². The van der Waals surface area contributed by atoms with E-state index in [1.165, 1.54) is 18.2 Å². The third-order valence-corrected chi connectivity index (χ3v) is 2.81. The summed E-state index contributed by atoms with van der Waals surface area (Å²) in [5.41, 5.74) is -0.0808. The van der Waals surface area contributed by atoms with E-state index in [0.717, 1.165) is 0 Å². The molecule has 0 saturated heterocycles. The maximum absolute atomic E-state index is 11.8. The summed E-state index contributed by atoms with van der Waals surface area (Å²) in [5, 5.41) is 1.61. The van der Waals surface area contributed by atoms with Crippen LogP contribution in [0.5, 0.6) is 0 Å². The molecular formula is C11H8Cl2F3NO3. The third kappa shape index (κ3) is 5.26. The molecule has 1 aromatic rings. The van der Waals surface area contributed by atoms with Gasteiger partial charge >= 0.3 is 12.1 Å². The van der Waals surface area contributed by atoms with Crippen LogP contribution in [0.2, 0.25) is 10.0 Å². The van der Waals surface area contributed by atoms with Gasteiger partial charge < -0.3 is 10.1 Å². The molecule has 0 spiro atoms. The number of carbonyl (C=O) groups excluding carboxylic acids is 2. The molecule has 9 heteroatoms. The topological polar surface area (TPSA) is 55.4 Å².